The summed E-state index contributed by atoms with van der Waals surface area (Å²) in [6.07, 6.45) is 0. The van der Waals surface area contributed by atoms with Crippen molar-refractivity contribution in [2.45, 2.75) is 10.5 Å². The Kier molecular flexibility index (Phi) is 4.18. The van der Waals surface area contributed by atoms with Crippen LogP contribution in [0.15, 0.2) is 48.5 Å². The Bertz CT molecular complexity index is 769. The zero-order valence-corrected chi connectivity index (χ0v) is 11.9. The Morgan fingerprint density at radius 3 is 1.26 bits per heavy atom. The molecule has 0 heterocycles. The smallest absolute Gasteiger partial charge is 0.215 e. The van der Waals surface area contributed by atoms with Gasteiger partial charge in [0.1, 0.15) is 11.6 Å². The number of hydrogen-bond donors (Lipinski definition) is 0. The molecule has 2 rings (SSSR count). The maximum atomic E-state index is 14.1. The second-order valence-corrected chi connectivity index (χ2v) is 6.53. The zero-order chi connectivity index (χ0) is 17.5. The molecule has 0 aromatic heterocycles. The van der Waals surface area contributed by atoms with Gasteiger partial charge in [-0.2, -0.15) is 17.6 Å². The van der Waals surface area contributed by atoms with E-state index in [4.69, 9.17) is 0 Å². The normalized spacial score (nSPS) is 13.1. The summed E-state index contributed by atoms with van der Waals surface area (Å²) in [5.74, 6) is -3.35. The van der Waals surface area contributed by atoms with Crippen molar-refractivity contribution in [3.05, 3.63) is 71.3 Å². The molecule has 9 heteroatoms. The summed E-state index contributed by atoms with van der Waals surface area (Å²) >= 11 is 0. The highest BCUT2D eigenvalue weighted by molar-refractivity contribution is 7.92. The molecule has 2 aromatic rings. The van der Waals surface area contributed by atoms with E-state index in [0.29, 0.717) is 24.3 Å². The summed E-state index contributed by atoms with van der Waals surface area (Å²) in [4.78, 5) is 0. The van der Waals surface area contributed by atoms with Crippen LogP contribution >= 0.6 is 0 Å². The largest absolute Gasteiger partial charge is 0.380 e. The van der Waals surface area contributed by atoms with Crippen LogP contribution in [0.4, 0.5) is 26.3 Å². The summed E-state index contributed by atoms with van der Waals surface area (Å²) in [6.45, 7) is 0. The van der Waals surface area contributed by atoms with Gasteiger partial charge in [-0.3, -0.25) is 0 Å². The molecule has 0 bridgehead atoms. The van der Waals surface area contributed by atoms with Crippen LogP contribution < -0.4 is 0 Å². The van der Waals surface area contributed by atoms with Crippen LogP contribution in [0.3, 0.4) is 0 Å². The van der Waals surface area contributed by atoms with E-state index in [0.717, 1.165) is 24.3 Å². The molecule has 2 aromatic carbocycles. The highest BCUT2D eigenvalue weighted by atomic mass is 32.2. The zero-order valence-electron chi connectivity index (χ0n) is 11.1. The molecule has 23 heavy (non-hydrogen) atoms. The Morgan fingerprint density at radius 1 is 0.652 bits per heavy atom. The first kappa shape index (κ1) is 17.3. The fourth-order valence-electron chi connectivity index (χ4n) is 1.84. The van der Waals surface area contributed by atoms with Gasteiger partial charge in [-0.15, -0.1) is 0 Å². The van der Waals surface area contributed by atoms with Crippen molar-refractivity contribution in [1.29, 1.82) is 0 Å². The van der Waals surface area contributed by atoms with Crippen molar-refractivity contribution in [3.8, 4) is 0 Å². The van der Waals surface area contributed by atoms with E-state index in [1.165, 1.54) is 0 Å². The van der Waals surface area contributed by atoms with Crippen molar-refractivity contribution in [2.24, 2.45) is 0 Å². The molecule has 0 amide bonds. The first-order chi connectivity index (χ1) is 10.5. The third kappa shape index (κ3) is 2.58. The molecule has 0 atom stereocenters. The molecule has 124 valence electrons. The first-order valence-electron chi connectivity index (χ1n) is 6.03. The molecule has 0 aliphatic rings. The van der Waals surface area contributed by atoms with Crippen molar-refractivity contribution >= 4 is 9.84 Å². The van der Waals surface area contributed by atoms with Crippen LogP contribution in [0.5, 0.6) is 0 Å². The molecule has 0 saturated heterocycles. The standard InChI is InChI=1S/C14H8F6O2S/c15-11-7-3-1-5-9(11)13(17,18)23(21,22)14(19,20)10-6-2-4-8-12(10)16/h1-8H. The molecule has 0 aliphatic carbocycles. The average molecular weight is 354 g/mol. The Balaban J connectivity index is 2.66. The van der Waals surface area contributed by atoms with Gasteiger partial charge in [0.15, 0.2) is 0 Å². The van der Waals surface area contributed by atoms with Gasteiger partial charge in [0.25, 0.3) is 9.84 Å². The minimum atomic E-state index is -6.64. The second kappa shape index (κ2) is 5.55. The third-order valence-electron chi connectivity index (χ3n) is 3.05. The van der Waals surface area contributed by atoms with Crippen LogP contribution in [0.25, 0.3) is 0 Å². The first-order valence-corrected chi connectivity index (χ1v) is 7.51. The second-order valence-electron chi connectivity index (χ2n) is 4.50. The maximum Gasteiger partial charge on any atom is 0.380 e. The van der Waals surface area contributed by atoms with Crippen LogP contribution in [0.1, 0.15) is 11.1 Å². The van der Waals surface area contributed by atoms with Crippen molar-refractivity contribution in [1.82, 2.24) is 0 Å². The molecule has 0 saturated carbocycles. The number of alkyl halides is 4. The number of hydrogen-bond acceptors (Lipinski definition) is 2. The van der Waals surface area contributed by atoms with E-state index in [1.54, 1.807) is 0 Å². The summed E-state index contributed by atoms with van der Waals surface area (Å²) in [6, 6.07) is 5.42. The molecule has 0 N–H and O–H groups in total. The summed E-state index contributed by atoms with van der Waals surface area (Å²) in [5.41, 5.74) is -3.48. The molecular weight excluding hydrogens is 346 g/mol. The van der Waals surface area contributed by atoms with Crippen molar-refractivity contribution in [3.63, 3.8) is 0 Å². The lowest BCUT2D eigenvalue weighted by Gasteiger charge is -2.24. The highest BCUT2D eigenvalue weighted by Crippen LogP contribution is 2.48. The number of benzene rings is 2. The lowest BCUT2D eigenvalue weighted by Crippen LogP contribution is -2.39. The quantitative estimate of drug-likeness (QED) is 0.772. The number of halogens is 6. The third-order valence-corrected chi connectivity index (χ3v) is 4.84. The molecule has 0 unspecified atom stereocenters. The summed E-state index contributed by atoms with van der Waals surface area (Å²) in [5, 5.41) is -10.5. The van der Waals surface area contributed by atoms with Gasteiger partial charge in [0.2, 0.25) is 0 Å². The molecule has 0 fully saturated rings. The SMILES string of the molecule is O=S(=O)(C(F)(F)c1ccccc1F)C(F)(F)c1ccccc1F. The summed E-state index contributed by atoms with van der Waals surface area (Å²) < 4.78 is 107. The Hall–Kier alpha value is -2.03. The fraction of sp³-hybridized carbons (Fsp3) is 0.143. The molecule has 0 aliphatic heterocycles. The topological polar surface area (TPSA) is 34.1 Å². The maximum absolute atomic E-state index is 14.1. The van der Waals surface area contributed by atoms with Gasteiger partial charge in [-0.05, 0) is 24.3 Å². The fourth-order valence-corrected chi connectivity index (χ4v) is 3.08. The minimum Gasteiger partial charge on any atom is -0.215 e. The number of sulfone groups is 1. The van der Waals surface area contributed by atoms with Gasteiger partial charge < -0.3 is 0 Å². The van der Waals surface area contributed by atoms with E-state index in [9.17, 15) is 34.8 Å². The van der Waals surface area contributed by atoms with Crippen LogP contribution in [0, 0.1) is 11.6 Å². The van der Waals surface area contributed by atoms with Gasteiger partial charge in [0.05, 0.1) is 11.1 Å². The van der Waals surface area contributed by atoms with Gasteiger partial charge in [-0.1, -0.05) is 24.3 Å². The minimum absolute atomic E-state index is 0.365. The van der Waals surface area contributed by atoms with Crippen LogP contribution in [0.2, 0.25) is 0 Å². The van der Waals surface area contributed by atoms with Crippen LogP contribution in [-0.2, 0) is 20.3 Å². The number of rotatable bonds is 4. The lowest BCUT2D eigenvalue weighted by atomic mass is 10.2. The molecule has 2 nitrogen and oxygen atoms in total. The van der Waals surface area contributed by atoms with E-state index in [1.807, 2.05) is 0 Å². The average Bonchev–Trinajstić information content (AvgIpc) is 2.47. The van der Waals surface area contributed by atoms with Gasteiger partial charge >= 0.3 is 10.5 Å². The van der Waals surface area contributed by atoms with E-state index in [-0.39, 0.29) is 0 Å². The Morgan fingerprint density at radius 2 is 0.957 bits per heavy atom. The molecule has 0 spiro atoms. The molecule has 0 radical (unpaired) electrons. The monoisotopic (exact) mass is 354 g/mol. The van der Waals surface area contributed by atoms with E-state index >= 15 is 0 Å². The highest BCUT2D eigenvalue weighted by Gasteiger charge is 2.63. The van der Waals surface area contributed by atoms with Crippen molar-refractivity contribution in [2.75, 3.05) is 0 Å². The summed E-state index contributed by atoms with van der Waals surface area (Å²) in [7, 11) is -6.64. The Labute approximate surface area is 127 Å². The lowest BCUT2D eigenvalue weighted by molar-refractivity contribution is 0.0371. The predicted molar refractivity (Wildman–Crippen MR) is 69.5 cm³/mol. The van der Waals surface area contributed by atoms with E-state index < -0.39 is 43.1 Å². The predicted octanol–water partition coefficient (Wildman–Crippen LogP) is 4.18. The van der Waals surface area contributed by atoms with Crippen molar-refractivity contribution < 1.29 is 34.8 Å². The van der Waals surface area contributed by atoms with Crippen LogP contribution in [-0.4, -0.2) is 8.42 Å². The molecular formula is C14H8F6O2S. The van der Waals surface area contributed by atoms with E-state index in [2.05, 4.69) is 0 Å². The van der Waals surface area contributed by atoms with Gasteiger partial charge in [-0.25, -0.2) is 17.2 Å². The van der Waals surface area contributed by atoms with Gasteiger partial charge in [0, 0.05) is 0 Å².